The number of carbonyl (C=O) groups is 1. The molecule has 112 valence electrons. The molecule has 0 saturated carbocycles. The Morgan fingerprint density at radius 2 is 1.95 bits per heavy atom. The summed E-state index contributed by atoms with van der Waals surface area (Å²) in [6, 6.07) is 16.6. The van der Waals surface area contributed by atoms with E-state index < -0.39 is 0 Å². The van der Waals surface area contributed by atoms with Gasteiger partial charge in [0.05, 0.1) is 5.69 Å². The smallest absolute Gasteiger partial charge is 0.293 e. The van der Waals surface area contributed by atoms with Crippen LogP contribution in [0.1, 0.15) is 5.56 Å². The highest BCUT2D eigenvalue weighted by molar-refractivity contribution is 5.69. The Balaban J connectivity index is 2.08. The first-order chi connectivity index (χ1) is 10.7. The van der Waals surface area contributed by atoms with Crippen molar-refractivity contribution in [1.82, 2.24) is 4.40 Å². The van der Waals surface area contributed by atoms with Crippen LogP contribution in [-0.2, 0) is 16.1 Å². The van der Waals surface area contributed by atoms with Crippen molar-refractivity contribution >= 4 is 17.7 Å². The van der Waals surface area contributed by atoms with Gasteiger partial charge in [-0.2, -0.15) is 0 Å². The van der Waals surface area contributed by atoms with Gasteiger partial charge in [0.1, 0.15) is 6.61 Å². The Bertz CT molecular complexity index is 806. The first-order valence-electron chi connectivity index (χ1n) is 7.12. The summed E-state index contributed by atoms with van der Waals surface area (Å²) in [5.74, 6) is 0. The third-order valence-electron chi connectivity index (χ3n) is 3.66. The second kappa shape index (κ2) is 5.93. The molecule has 3 rings (SSSR count). The molecule has 4 heteroatoms. The number of hydrogen-bond acceptors (Lipinski definition) is 3. The van der Waals surface area contributed by atoms with Crippen molar-refractivity contribution in [2.45, 2.75) is 6.61 Å². The second-order valence-electron chi connectivity index (χ2n) is 5.41. The Labute approximate surface area is 129 Å². The van der Waals surface area contributed by atoms with Crippen LogP contribution in [0, 0.1) is 0 Å². The summed E-state index contributed by atoms with van der Waals surface area (Å²) in [5, 5.41) is 0. The molecule has 0 aliphatic carbocycles. The number of fused-ring (bicyclic) bond motifs is 1. The Morgan fingerprint density at radius 3 is 2.73 bits per heavy atom. The molecule has 0 atom stereocenters. The highest BCUT2D eigenvalue weighted by Crippen LogP contribution is 2.26. The molecule has 1 aromatic carbocycles. The lowest BCUT2D eigenvalue weighted by atomic mass is 10.1. The number of pyridine rings is 1. The van der Waals surface area contributed by atoms with Crippen LogP contribution in [0.15, 0.2) is 54.7 Å². The largest absolute Gasteiger partial charge is 0.463 e. The summed E-state index contributed by atoms with van der Waals surface area (Å²) in [4.78, 5) is 12.4. The number of rotatable bonds is 5. The molecule has 0 fully saturated rings. The minimum atomic E-state index is 0.294. The van der Waals surface area contributed by atoms with E-state index >= 15 is 0 Å². The molecule has 0 bridgehead atoms. The number of ether oxygens (including phenoxy) is 1. The van der Waals surface area contributed by atoms with E-state index in [0.29, 0.717) is 13.1 Å². The molecule has 2 aromatic heterocycles. The van der Waals surface area contributed by atoms with Crippen LogP contribution >= 0.6 is 0 Å². The van der Waals surface area contributed by atoms with Gasteiger partial charge in [-0.25, -0.2) is 0 Å². The first-order valence-corrected chi connectivity index (χ1v) is 7.12. The average Bonchev–Trinajstić information content (AvgIpc) is 2.95. The van der Waals surface area contributed by atoms with E-state index in [1.54, 1.807) is 0 Å². The van der Waals surface area contributed by atoms with Crippen molar-refractivity contribution in [1.29, 1.82) is 0 Å². The molecule has 2 heterocycles. The van der Waals surface area contributed by atoms with Crippen LogP contribution in [0.4, 0.5) is 5.69 Å². The predicted octanol–water partition coefficient (Wildman–Crippen LogP) is 3.35. The van der Waals surface area contributed by atoms with Crippen molar-refractivity contribution < 1.29 is 9.53 Å². The maximum absolute atomic E-state index is 10.3. The van der Waals surface area contributed by atoms with Gasteiger partial charge in [0.15, 0.2) is 0 Å². The average molecular weight is 294 g/mol. The van der Waals surface area contributed by atoms with Crippen molar-refractivity contribution in [2.24, 2.45) is 0 Å². The minimum absolute atomic E-state index is 0.294. The zero-order valence-corrected chi connectivity index (χ0v) is 12.7. The Kier molecular flexibility index (Phi) is 3.83. The van der Waals surface area contributed by atoms with Gasteiger partial charge in [-0.3, -0.25) is 4.79 Å². The van der Waals surface area contributed by atoms with Gasteiger partial charge in [-0.15, -0.1) is 0 Å². The first kappa shape index (κ1) is 14.2. The molecule has 0 spiro atoms. The van der Waals surface area contributed by atoms with Crippen LogP contribution in [0.2, 0.25) is 0 Å². The van der Waals surface area contributed by atoms with Gasteiger partial charge >= 0.3 is 0 Å². The molecule has 22 heavy (non-hydrogen) atoms. The van der Waals surface area contributed by atoms with Crippen LogP contribution in [0.25, 0.3) is 16.8 Å². The number of hydrogen-bond donors (Lipinski definition) is 0. The summed E-state index contributed by atoms with van der Waals surface area (Å²) < 4.78 is 6.97. The molecule has 3 aromatic rings. The minimum Gasteiger partial charge on any atom is -0.463 e. The zero-order chi connectivity index (χ0) is 15.5. The van der Waals surface area contributed by atoms with Crippen molar-refractivity contribution in [3.05, 3.63) is 60.3 Å². The highest BCUT2D eigenvalue weighted by Gasteiger charge is 2.07. The van der Waals surface area contributed by atoms with Gasteiger partial charge in [0.25, 0.3) is 6.47 Å². The summed E-state index contributed by atoms with van der Waals surface area (Å²) in [6.45, 7) is 0.770. The zero-order valence-electron chi connectivity index (χ0n) is 12.7. The molecule has 0 unspecified atom stereocenters. The van der Waals surface area contributed by atoms with Crippen LogP contribution < -0.4 is 4.90 Å². The topological polar surface area (TPSA) is 34.0 Å². The van der Waals surface area contributed by atoms with Gasteiger partial charge in [0, 0.05) is 42.6 Å². The second-order valence-corrected chi connectivity index (χ2v) is 5.41. The number of aromatic nitrogens is 1. The number of carbonyl (C=O) groups excluding carboxylic acids is 1. The maximum atomic E-state index is 10.3. The van der Waals surface area contributed by atoms with Crippen molar-refractivity contribution in [3.8, 4) is 11.3 Å². The van der Waals surface area contributed by atoms with Gasteiger partial charge < -0.3 is 14.0 Å². The van der Waals surface area contributed by atoms with Crippen molar-refractivity contribution in [3.63, 3.8) is 0 Å². The molecule has 0 saturated heterocycles. The van der Waals surface area contributed by atoms with Crippen LogP contribution in [0.5, 0.6) is 0 Å². The molecular formula is C18H18N2O2. The van der Waals surface area contributed by atoms with Crippen LogP contribution in [0.3, 0.4) is 0 Å². The van der Waals surface area contributed by atoms with Gasteiger partial charge in [0.2, 0.25) is 0 Å². The lowest BCUT2D eigenvalue weighted by Gasteiger charge is -2.14. The lowest BCUT2D eigenvalue weighted by Crippen LogP contribution is -2.08. The SMILES string of the molecule is CN(C)c1cccc(-c2cccc3cc(COC=O)cn23)c1. The van der Waals surface area contributed by atoms with E-state index in [2.05, 4.69) is 39.6 Å². The summed E-state index contributed by atoms with van der Waals surface area (Å²) in [7, 11) is 4.06. The van der Waals surface area contributed by atoms with E-state index in [1.807, 2.05) is 38.5 Å². The van der Waals surface area contributed by atoms with E-state index in [1.165, 1.54) is 0 Å². The summed E-state index contributed by atoms with van der Waals surface area (Å²) in [5.41, 5.74) is 5.47. The Hall–Kier alpha value is -2.75. The molecular weight excluding hydrogens is 276 g/mol. The quantitative estimate of drug-likeness (QED) is 0.677. The third-order valence-corrected chi connectivity index (χ3v) is 3.66. The third kappa shape index (κ3) is 2.68. The molecule has 4 nitrogen and oxygen atoms in total. The Morgan fingerprint density at radius 1 is 1.14 bits per heavy atom. The molecule has 0 aliphatic rings. The lowest BCUT2D eigenvalue weighted by molar-refractivity contribution is -0.129. The molecule has 0 amide bonds. The maximum Gasteiger partial charge on any atom is 0.293 e. The van der Waals surface area contributed by atoms with E-state index in [-0.39, 0.29) is 0 Å². The number of nitrogens with zero attached hydrogens (tertiary/aromatic N) is 2. The summed E-state index contributed by atoms with van der Waals surface area (Å²) >= 11 is 0. The fraction of sp³-hybridized carbons (Fsp3) is 0.167. The van der Waals surface area contributed by atoms with E-state index in [0.717, 1.165) is 28.0 Å². The van der Waals surface area contributed by atoms with Crippen molar-refractivity contribution in [2.75, 3.05) is 19.0 Å². The van der Waals surface area contributed by atoms with Crippen LogP contribution in [-0.4, -0.2) is 25.0 Å². The fourth-order valence-electron chi connectivity index (χ4n) is 2.58. The number of anilines is 1. The van der Waals surface area contributed by atoms with Gasteiger partial charge in [-0.05, 0) is 30.3 Å². The van der Waals surface area contributed by atoms with E-state index in [4.69, 9.17) is 4.74 Å². The van der Waals surface area contributed by atoms with Gasteiger partial charge in [-0.1, -0.05) is 18.2 Å². The predicted molar refractivity (Wildman–Crippen MR) is 88.0 cm³/mol. The number of benzene rings is 1. The standard InChI is InChI=1S/C18H18N2O2/c1-19(2)16-6-3-5-15(10-16)18-8-4-7-17-9-14(11-20(17)18)12-22-13-21/h3-11,13H,12H2,1-2H3. The highest BCUT2D eigenvalue weighted by atomic mass is 16.5. The molecule has 0 radical (unpaired) electrons. The molecule has 0 N–H and O–H groups in total. The normalized spacial score (nSPS) is 10.6. The molecule has 0 aliphatic heterocycles. The van der Waals surface area contributed by atoms with E-state index in [9.17, 15) is 4.79 Å². The monoisotopic (exact) mass is 294 g/mol. The fourth-order valence-corrected chi connectivity index (χ4v) is 2.58. The summed E-state index contributed by atoms with van der Waals surface area (Å²) in [6.07, 6.45) is 2.01.